The van der Waals surface area contributed by atoms with Crippen molar-refractivity contribution < 1.29 is 9.84 Å². The summed E-state index contributed by atoms with van der Waals surface area (Å²) in [5.74, 6) is 0.756. The predicted octanol–water partition coefficient (Wildman–Crippen LogP) is 4.06. The van der Waals surface area contributed by atoms with Crippen LogP contribution in [-0.2, 0) is 4.74 Å². The van der Waals surface area contributed by atoms with Crippen molar-refractivity contribution in [3.63, 3.8) is 0 Å². The molecule has 140 valence electrons. The third-order valence-electron chi connectivity index (χ3n) is 6.12. The minimum Gasteiger partial charge on any atom is -0.494 e. The molecule has 0 amide bonds. The third-order valence-corrected chi connectivity index (χ3v) is 6.12. The summed E-state index contributed by atoms with van der Waals surface area (Å²) in [4.78, 5) is 14.2. The first-order valence-corrected chi connectivity index (χ1v) is 9.71. The second-order valence-corrected chi connectivity index (χ2v) is 7.63. The lowest BCUT2D eigenvalue weighted by atomic mass is 10.0. The van der Waals surface area contributed by atoms with Crippen molar-refractivity contribution in [3.05, 3.63) is 48.9 Å². The molecule has 0 bridgehead atoms. The zero-order valence-electron chi connectivity index (χ0n) is 15.3. The molecule has 6 heteroatoms. The summed E-state index contributed by atoms with van der Waals surface area (Å²) in [5, 5.41) is 13.6. The number of pyridine rings is 2. The summed E-state index contributed by atoms with van der Waals surface area (Å²) < 4.78 is 6.00. The van der Waals surface area contributed by atoms with E-state index in [1.54, 1.807) is 12.4 Å². The first-order chi connectivity index (χ1) is 13.8. The molecule has 1 aromatic carbocycles. The summed E-state index contributed by atoms with van der Waals surface area (Å²) in [6.07, 6.45) is 7.89. The molecule has 4 aromatic rings. The molecule has 5 heterocycles. The highest BCUT2D eigenvalue weighted by molar-refractivity contribution is 6.01. The van der Waals surface area contributed by atoms with Gasteiger partial charge in [0.1, 0.15) is 6.23 Å². The van der Waals surface area contributed by atoms with Crippen LogP contribution in [-0.4, -0.2) is 39.4 Å². The largest absolute Gasteiger partial charge is 0.494 e. The quantitative estimate of drug-likeness (QED) is 0.555. The molecule has 3 aromatic heterocycles. The van der Waals surface area contributed by atoms with Crippen LogP contribution >= 0.6 is 0 Å². The molecule has 6 rings (SSSR count). The molecule has 2 N–H and O–H groups in total. The number of ether oxygens (including phenoxy) is 1. The van der Waals surface area contributed by atoms with E-state index < -0.39 is 0 Å². The Morgan fingerprint density at radius 3 is 3.07 bits per heavy atom. The normalized spacial score (nSPS) is 21.6. The fourth-order valence-electron chi connectivity index (χ4n) is 4.77. The zero-order valence-corrected chi connectivity index (χ0v) is 15.3. The first-order valence-electron chi connectivity index (χ1n) is 9.71. The van der Waals surface area contributed by atoms with E-state index in [0.717, 1.165) is 46.9 Å². The molecule has 0 spiro atoms. The Balaban J connectivity index is 1.48. The fourth-order valence-corrected chi connectivity index (χ4v) is 4.77. The van der Waals surface area contributed by atoms with Gasteiger partial charge in [0.25, 0.3) is 0 Å². The number of H-pyrrole nitrogens is 1. The van der Waals surface area contributed by atoms with Crippen LogP contribution in [0.4, 0.5) is 5.69 Å². The summed E-state index contributed by atoms with van der Waals surface area (Å²) in [6, 6.07) is 10.3. The summed E-state index contributed by atoms with van der Waals surface area (Å²) in [5.41, 5.74) is 3.44. The second-order valence-electron chi connectivity index (χ2n) is 7.63. The number of nitrogens with one attached hydrogen (secondary N) is 1. The molecular weight excluding hydrogens is 352 g/mol. The van der Waals surface area contributed by atoms with E-state index in [0.29, 0.717) is 11.5 Å². The van der Waals surface area contributed by atoms with E-state index in [1.807, 2.05) is 18.3 Å². The maximum atomic E-state index is 10.4. The van der Waals surface area contributed by atoms with Crippen LogP contribution in [0.1, 0.15) is 12.8 Å². The van der Waals surface area contributed by atoms with Gasteiger partial charge in [0.15, 0.2) is 5.88 Å². The second kappa shape index (κ2) is 5.94. The number of aromatic nitrogens is 3. The van der Waals surface area contributed by atoms with Crippen molar-refractivity contribution in [1.29, 1.82) is 0 Å². The Bertz CT molecular complexity index is 1200. The minimum atomic E-state index is 0.118. The number of hydrogen-bond donors (Lipinski definition) is 2. The van der Waals surface area contributed by atoms with E-state index in [-0.39, 0.29) is 12.1 Å². The number of rotatable bonds is 2. The van der Waals surface area contributed by atoms with E-state index in [9.17, 15) is 5.11 Å². The van der Waals surface area contributed by atoms with Crippen LogP contribution in [0.15, 0.2) is 48.9 Å². The third kappa shape index (κ3) is 2.24. The Kier molecular flexibility index (Phi) is 3.37. The molecule has 2 fully saturated rings. The van der Waals surface area contributed by atoms with E-state index >= 15 is 0 Å². The van der Waals surface area contributed by atoms with Crippen LogP contribution in [0.2, 0.25) is 0 Å². The number of aromatic hydroxyl groups is 1. The van der Waals surface area contributed by atoms with E-state index in [2.05, 4.69) is 33.1 Å². The van der Waals surface area contributed by atoms with Crippen molar-refractivity contribution in [2.45, 2.75) is 19.1 Å². The Morgan fingerprint density at radius 1 is 1.14 bits per heavy atom. The maximum absolute atomic E-state index is 10.4. The first kappa shape index (κ1) is 15.9. The number of aromatic amines is 1. The lowest BCUT2D eigenvalue weighted by Gasteiger charge is -2.26. The topological polar surface area (TPSA) is 74.3 Å². The van der Waals surface area contributed by atoms with Crippen molar-refractivity contribution >= 4 is 27.4 Å². The highest BCUT2D eigenvalue weighted by Gasteiger charge is 2.39. The number of fused-ring (bicyclic) bond motifs is 3. The average Bonchev–Trinajstić information content (AvgIpc) is 3.40. The molecule has 0 radical (unpaired) electrons. The van der Waals surface area contributed by atoms with Gasteiger partial charge in [0.2, 0.25) is 0 Å². The maximum Gasteiger partial charge on any atom is 0.199 e. The van der Waals surface area contributed by atoms with E-state index in [1.165, 1.54) is 12.1 Å². The molecule has 2 unspecified atom stereocenters. The fraction of sp³-hybridized carbons (Fsp3) is 0.273. The summed E-state index contributed by atoms with van der Waals surface area (Å²) in [7, 11) is 0. The van der Waals surface area contributed by atoms with Crippen LogP contribution in [0.3, 0.4) is 0 Å². The van der Waals surface area contributed by atoms with Gasteiger partial charge in [-0.05, 0) is 36.4 Å². The molecule has 2 saturated heterocycles. The van der Waals surface area contributed by atoms with Crippen molar-refractivity contribution in [2.75, 3.05) is 18.1 Å². The molecule has 2 aliphatic heterocycles. The Morgan fingerprint density at radius 2 is 2.11 bits per heavy atom. The molecule has 6 nitrogen and oxygen atoms in total. The average molecular weight is 372 g/mol. The highest BCUT2D eigenvalue weighted by atomic mass is 16.5. The van der Waals surface area contributed by atoms with Crippen molar-refractivity contribution in [3.8, 4) is 17.1 Å². The Labute approximate surface area is 161 Å². The zero-order chi connectivity index (χ0) is 18.7. The minimum absolute atomic E-state index is 0.118. The van der Waals surface area contributed by atoms with Gasteiger partial charge in [0, 0.05) is 47.9 Å². The number of anilines is 1. The molecule has 28 heavy (non-hydrogen) atoms. The predicted molar refractivity (Wildman–Crippen MR) is 108 cm³/mol. The smallest absolute Gasteiger partial charge is 0.199 e. The van der Waals surface area contributed by atoms with Crippen molar-refractivity contribution in [1.82, 2.24) is 15.0 Å². The van der Waals surface area contributed by atoms with Gasteiger partial charge in [-0.2, -0.15) is 0 Å². The number of benzene rings is 1. The Hall–Kier alpha value is -3.12. The van der Waals surface area contributed by atoms with Crippen LogP contribution in [0.25, 0.3) is 32.9 Å². The SMILES string of the molecule is Oc1[nH]c2cnccc2c1-c1cc2cccc(N3CCC4CCOC43)c2cn1. The van der Waals surface area contributed by atoms with Gasteiger partial charge in [-0.25, -0.2) is 0 Å². The molecular formula is C22H20N4O2. The lowest BCUT2D eigenvalue weighted by molar-refractivity contribution is 0.105. The molecule has 2 aliphatic rings. The monoisotopic (exact) mass is 372 g/mol. The summed E-state index contributed by atoms with van der Waals surface area (Å²) >= 11 is 0. The molecule has 2 atom stereocenters. The van der Waals surface area contributed by atoms with Gasteiger partial charge in [0.05, 0.1) is 23.0 Å². The number of nitrogens with zero attached hydrogens (tertiary/aromatic N) is 3. The van der Waals surface area contributed by atoms with Gasteiger partial charge in [-0.1, -0.05) is 12.1 Å². The van der Waals surface area contributed by atoms with Crippen LogP contribution in [0, 0.1) is 5.92 Å². The van der Waals surface area contributed by atoms with Crippen LogP contribution < -0.4 is 4.90 Å². The molecule has 0 saturated carbocycles. The van der Waals surface area contributed by atoms with Gasteiger partial charge in [-0.3, -0.25) is 9.97 Å². The standard InChI is InChI=1S/C22H20N4O2/c27-21-20(15-4-7-23-12-18(15)25-21)17-10-14-2-1-3-19(16(14)11-24-17)26-8-5-13-6-9-28-22(13)26/h1-4,7,10-13,22,25,27H,5-6,8-9H2. The molecule has 0 aliphatic carbocycles. The van der Waals surface area contributed by atoms with Gasteiger partial charge in [-0.15, -0.1) is 0 Å². The van der Waals surface area contributed by atoms with Gasteiger partial charge >= 0.3 is 0 Å². The summed E-state index contributed by atoms with van der Waals surface area (Å²) in [6.45, 7) is 1.88. The van der Waals surface area contributed by atoms with Gasteiger partial charge < -0.3 is 19.7 Å². The number of hydrogen-bond acceptors (Lipinski definition) is 5. The lowest BCUT2D eigenvalue weighted by Crippen LogP contribution is -2.31. The van der Waals surface area contributed by atoms with Crippen LogP contribution in [0.5, 0.6) is 5.88 Å². The van der Waals surface area contributed by atoms with Crippen molar-refractivity contribution in [2.24, 2.45) is 5.92 Å². The van der Waals surface area contributed by atoms with E-state index in [4.69, 9.17) is 9.72 Å². The highest BCUT2D eigenvalue weighted by Crippen LogP contribution is 2.41.